The zero-order chi connectivity index (χ0) is 27.4. The first-order valence-electron chi connectivity index (χ1n) is 10.9. The van der Waals surface area contributed by atoms with Crippen molar-refractivity contribution in [3.63, 3.8) is 0 Å². The number of hydrogen-bond acceptors (Lipinski definition) is 9. The van der Waals surface area contributed by atoms with Gasteiger partial charge in [0.05, 0.1) is 25.0 Å². The first-order valence-corrected chi connectivity index (χ1v) is 10.9. The van der Waals surface area contributed by atoms with Gasteiger partial charge < -0.3 is 47.9 Å². The van der Waals surface area contributed by atoms with Crippen molar-refractivity contribution in [3.05, 3.63) is 18.2 Å². The molecule has 0 radical (unpaired) electrons. The highest BCUT2D eigenvalue weighted by Gasteiger charge is 2.27. The highest BCUT2D eigenvalue weighted by atomic mass is 16.4. The van der Waals surface area contributed by atoms with Crippen LogP contribution in [-0.4, -0.2) is 92.5 Å². The van der Waals surface area contributed by atoms with Crippen LogP contribution in [0.1, 0.15) is 32.4 Å². The van der Waals surface area contributed by atoms with Gasteiger partial charge in [0.15, 0.2) is 0 Å². The maximum atomic E-state index is 12.5. The first kappa shape index (κ1) is 30.0. The summed E-state index contributed by atoms with van der Waals surface area (Å²) in [5.74, 6) is -5.40. The highest BCUT2D eigenvalue weighted by Crippen LogP contribution is 2.01. The molecule has 16 nitrogen and oxygen atoms in total. The Morgan fingerprint density at radius 3 is 2.25 bits per heavy atom. The van der Waals surface area contributed by atoms with Crippen LogP contribution in [0.5, 0.6) is 0 Å². The lowest BCUT2D eigenvalue weighted by Gasteiger charge is -2.22. The second-order valence-corrected chi connectivity index (χ2v) is 8.02. The van der Waals surface area contributed by atoms with Crippen LogP contribution < -0.4 is 32.7 Å². The lowest BCUT2D eigenvalue weighted by atomic mass is 10.1. The van der Waals surface area contributed by atoms with E-state index in [4.69, 9.17) is 16.6 Å². The molecule has 1 rings (SSSR count). The smallest absolute Gasteiger partial charge is 0.303 e. The Bertz CT molecular complexity index is 936. The van der Waals surface area contributed by atoms with E-state index in [1.807, 2.05) is 0 Å². The molecule has 1 unspecified atom stereocenters. The van der Waals surface area contributed by atoms with Gasteiger partial charge >= 0.3 is 5.97 Å². The van der Waals surface area contributed by atoms with E-state index in [9.17, 15) is 33.9 Å². The third-order valence-electron chi connectivity index (χ3n) is 4.89. The van der Waals surface area contributed by atoms with E-state index in [2.05, 4.69) is 31.2 Å². The molecule has 200 valence electrons. The van der Waals surface area contributed by atoms with Crippen LogP contribution >= 0.6 is 0 Å². The minimum atomic E-state index is -1.39. The average Bonchev–Trinajstić information content (AvgIpc) is 3.30. The van der Waals surface area contributed by atoms with E-state index in [0.717, 1.165) is 0 Å². The molecule has 5 atom stereocenters. The Morgan fingerprint density at radius 1 is 1.06 bits per heavy atom. The number of aromatic amines is 1. The number of hydrogen-bond donors (Lipinski definition) is 9. The SMILES string of the molecule is CC(O)[C@H](NC(=O)CNC(=O)[C@H](CCC(=O)O)NC(=O)[C@@H](C)NC(=O)[C@@H](N)Cc1cnc[nH]1)C(N)=O. The number of rotatable bonds is 15. The molecule has 0 saturated carbocycles. The van der Waals surface area contributed by atoms with Crippen molar-refractivity contribution in [1.29, 1.82) is 0 Å². The number of carbonyl (C=O) groups is 6. The normalized spacial score (nSPS) is 14.9. The number of H-pyrrole nitrogens is 1. The van der Waals surface area contributed by atoms with Crippen molar-refractivity contribution in [3.8, 4) is 0 Å². The number of nitrogens with one attached hydrogen (secondary N) is 5. The van der Waals surface area contributed by atoms with E-state index in [1.54, 1.807) is 0 Å². The van der Waals surface area contributed by atoms with Crippen molar-refractivity contribution in [1.82, 2.24) is 31.2 Å². The summed E-state index contributed by atoms with van der Waals surface area (Å²) >= 11 is 0. The molecule has 1 aromatic rings. The quantitative estimate of drug-likeness (QED) is 0.109. The monoisotopic (exact) mass is 512 g/mol. The van der Waals surface area contributed by atoms with Gasteiger partial charge in [0, 0.05) is 24.7 Å². The van der Waals surface area contributed by atoms with E-state index in [1.165, 1.54) is 26.4 Å². The third kappa shape index (κ3) is 10.5. The summed E-state index contributed by atoms with van der Waals surface area (Å²) < 4.78 is 0. The predicted molar refractivity (Wildman–Crippen MR) is 122 cm³/mol. The lowest BCUT2D eigenvalue weighted by Crippen LogP contribution is -2.56. The largest absolute Gasteiger partial charge is 0.481 e. The molecule has 1 heterocycles. The van der Waals surface area contributed by atoms with Crippen LogP contribution in [0.2, 0.25) is 0 Å². The summed E-state index contributed by atoms with van der Waals surface area (Å²) in [5.41, 5.74) is 11.5. The molecule has 5 amide bonds. The standard InChI is InChI=1S/C20H32N8O8/c1-9(26-19(35)12(21)5-11-6-23-8-25-11)18(34)27-13(3-4-15(31)32)20(36)24-7-14(30)28-16(10(2)29)17(22)33/h6,8-10,12-13,16,29H,3-5,7,21H2,1-2H3,(H2,22,33)(H,23,25)(H,24,36)(H,26,35)(H,27,34)(H,28,30)(H,31,32)/t9-,10?,12+,13+,16+/m1/s1. The number of amides is 5. The summed E-state index contributed by atoms with van der Waals surface area (Å²) in [6.07, 6.45) is 0.975. The van der Waals surface area contributed by atoms with E-state index >= 15 is 0 Å². The average molecular weight is 513 g/mol. The number of aromatic nitrogens is 2. The van der Waals surface area contributed by atoms with Crippen molar-refractivity contribution >= 4 is 35.5 Å². The van der Waals surface area contributed by atoms with Crippen molar-refractivity contribution in [2.75, 3.05) is 6.54 Å². The molecule has 1 aromatic heterocycles. The molecule has 11 N–H and O–H groups in total. The fourth-order valence-corrected chi connectivity index (χ4v) is 2.89. The van der Waals surface area contributed by atoms with Gasteiger partial charge in [0.25, 0.3) is 0 Å². The Balaban J connectivity index is 2.69. The predicted octanol–water partition coefficient (Wildman–Crippen LogP) is -4.40. The van der Waals surface area contributed by atoms with Crippen LogP contribution in [0.25, 0.3) is 0 Å². The number of nitrogens with two attached hydrogens (primary N) is 2. The number of carbonyl (C=O) groups excluding carboxylic acids is 5. The summed E-state index contributed by atoms with van der Waals surface area (Å²) in [6, 6.07) is -4.86. The number of aliphatic hydroxyl groups is 1. The van der Waals surface area contributed by atoms with Crippen LogP contribution in [0.15, 0.2) is 12.5 Å². The number of primary amides is 1. The van der Waals surface area contributed by atoms with Gasteiger partial charge in [0.1, 0.15) is 18.1 Å². The molecule has 0 spiro atoms. The molecule has 0 saturated heterocycles. The lowest BCUT2D eigenvalue weighted by molar-refractivity contribution is -0.138. The summed E-state index contributed by atoms with van der Waals surface area (Å²) in [6.45, 7) is 1.93. The fraction of sp³-hybridized carbons (Fsp3) is 0.550. The molecule has 0 aromatic carbocycles. The van der Waals surface area contributed by atoms with E-state index < -0.39 is 78.7 Å². The maximum absolute atomic E-state index is 12.5. The van der Waals surface area contributed by atoms with Gasteiger partial charge in [-0.25, -0.2) is 4.98 Å². The van der Waals surface area contributed by atoms with Crippen LogP contribution in [0, 0.1) is 0 Å². The minimum Gasteiger partial charge on any atom is -0.481 e. The number of aliphatic hydroxyl groups excluding tert-OH is 1. The van der Waals surface area contributed by atoms with E-state index in [0.29, 0.717) is 5.69 Å². The number of aliphatic carboxylic acids is 1. The summed E-state index contributed by atoms with van der Waals surface area (Å²) in [4.78, 5) is 78.2. The fourth-order valence-electron chi connectivity index (χ4n) is 2.89. The summed E-state index contributed by atoms with van der Waals surface area (Å²) in [5, 5.41) is 27.5. The Morgan fingerprint density at radius 2 is 1.72 bits per heavy atom. The maximum Gasteiger partial charge on any atom is 0.303 e. The zero-order valence-corrected chi connectivity index (χ0v) is 19.8. The van der Waals surface area contributed by atoms with Crippen LogP contribution in [-0.2, 0) is 35.2 Å². The Kier molecular flexibility index (Phi) is 12.0. The van der Waals surface area contributed by atoms with Gasteiger partial charge in [0.2, 0.25) is 29.5 Å². The van der Waals surface area contributed by atoms with Gasteiger partial charge in [-0.05, 0) is 20.3 Å². The first-order chi connectivity index (χ1) is 16.8. The van der Waals surface area contributed by atoms with Gasteiger partial charge in [-0.1, -0.05) is 0 Å². The highest BCUT2D eigenvalue weighted by molar-refractivity contribution is 5.94. The molecular formula is C20H32N8O8. The molecule has 0 aliphatic heterocycles. The Labute approximate surface area is 206 Å². The number of imidazole rings is 1. The molecule has 0 aliphatic rings. The van der Waals surface area contributed by atoms with Crippen molar-refractivity contribution < 1.29 is 39.0 Å². The minimum absolute atomic E-state index is 0.136. The molecule has 16 heteroatoms. The van der Waals surface area contributed by atoms with Gasteiger partial charge in [-0.3, -0.25) is 28.8 Å². The molecule has 36 heavy (non-hydrogen) atoms. The molecule has 0 aliphatic carbocycles. The number of nitrogens with zero attached hydrogens (tertiary/aromatic N) is 1. The second kappa shape index (κ2) is 14.4. The molecule has 0 fully saturated rings. The second-order valence-electron chi connectivity index (χ2n) is 8.02. The summed E-state index contributed by atoms with van der Waals surface area (Å²) in [7, 11) is 0. The van der Waals surface area contributed by atoms with Crippen LogP contribution in [0.3, 0.4) is 0 Å². The zero-order valence-electron chi connectivity index (χ0n) is 19.8. The Hall–Kier alpha value is -4.05. The van der Waals surface area contributed by atoms with Crippen LogP contribution in [0.4, 0.5) is 0 Å². The topological polar surface area (TPSA) is 272 Å². The molecular weight excluding hydrogens is 480 g/mol. The van der Waals surface area contributed by atoms with Gasteiger partial charge in [-0.2, -0.15) is 0 Å². The van der Waals surface area contributed by atoms with Crippen molar-refractivity contribution in [2.45, 2.75) is 63.4 Å². The van der Waals surface area contributed by atoms with E-state index in [-0.39, 0.29) is 12.8 Å². The number of carboxylic acid groups (broad SMARTS) is 1. The number of carboxylic acids is 1. The molecule has 0 bridgehead atoms. The third-order valence-corrected chi connectivity index (χ3v) is 4.89. The van der Waals surface area contributed by atoms with Crippen molar-refractivity contribution in [2.24, 2.45) is 11.5 Å². The van der Waals surface area contributed by atoms with Gasteiger partial charge in [-0.15, -0.1) is 0 Å².